The molecule has 2 aromatic carbocycles. The molecule has 2 atom stereocenters. The van der Waals surface area contributed by atoms with E-state index in [4.69, 9.17) is 9.26 Å². The average molecular weight is 481 g/mol. The molecule has 0 unspecified atom stereocenters. The molecule has 6 nitrogen and oxygen atoms in total. The second kappa shape index (κ2) is 7.57. The quantitative estimate of drug-likeness (QED) is 0.520. The molecule has 0 saturated carbocycles. The van der Waals surface area contributed by atoms with Crippen LogP contribution in [0.3, 0.4) is 0 Å². The van der Waals surface area contributed by atoms with Crippen molar-refractivity contribution in [2.75, 3.05) is 12.4 Å². The van der Waals surface area contributed by atoms with Crippen LogP contribution in [0.1, 0.15) is 47.1 Å². The van der Waals surface area contributed by atoms with E-state index in [1.165, 1.54) is 7.11 Å². The molecular weight excluding hydrogens is 460 g/mol. The van der Waals surface area contributed by atoms with Crippen LogP contribution in [0.2, 0.25) is 0 Å². The summed E-state index contributed by atoms with van der Waals surface area (Å²) in [6.07, 6.45) is 1.04. The summed E-state index contributed by atoms with van der Waals surface area (Å²) in [4.78, 5) is 13.5. The molecule has 0 spiro atoms. The van der Waals surface area contributed by atoms with Gasteiger partial charge in [-0.15, -0.1) is 0 Å². The number of fused-ring (bicyclic) bond motifs is 1. The molecule has 0 amide bonds. The van der Waals surface area contributed by atoms with Crippen molar-refractivity contribution in [3.8, 4) is 11.5 Å². The monoisotopic (exact) mass is 480 g/mol. The van der Waals surface area contributed by atoms with E-state index < -0.39 is 0 Å². The highest BCUT2D eigenvalue weighted by Gasteiger charge is 2.41. The molecule has 0 bridgehead atoms. The van der Waals surface area contributed by atoms with Gasteiger partial charge in [0.15, 0.2) is 17.3 Å². The van der Waals surface area contributed by atoms with Gasteiger partial charge in [-0.3, -0.25) is 4.79 Å². The molecule has 3 aromatic rings. The lowest BCUT2D eigenvalue weighted by molar-refractivity contribution is -0.116. The van der Waals surface area contributed by atoms with Crippen molar-refractivity contribution in [2.45, 2.75) is 31.6 Å². The van der Waals surface area contributed by atoms with Crippen LogP contribution < -0.4 is 10.1 Å². The molecular formula is C24H21BrN2O4. The number of rotatable bonds is 3. The number of aromatic hydroxyl groups is 1. The van der Waals surface area contributed by atoms with E-state index in [9.17, 15) is 9.90 Å². The third kappa shape index (κ3) is 3.33. The van der Waals surface area contributed by atoms with Gasteiger partial charge < -0.3 is 19.7 Å². The smallest absolute Gasteiger partial charge is 0.233 e. The number of Topliss-reactive ketones (excluding diaryl/α,β-unsaturated/α-hetero) is 1. The number of ether oxygens (including phenoxy) is 1. The molecule has 31 heavy (non-hydrogen) atoms. The van der Waals surface area contributed by atoms with E-state index in [0.717, 1.165) is 38.1 Å². The second-order valence-corrected chi connectivity index (χ2v) is 8.89. The molecule has 158 valence electrons. The fourth-order valence-corrected chi connectivity index (χ4v) is 4.91. The minimum absolute atomic E-state index is 0.0237. The van der Waals surface area contributed by atoms with Gasteiger partial charge >= 0.3 is 0 Å². The molecule has 2 aliphatic rings. The lowest BCUT2D eigenvalue weighted by atomic mass is 9.72. The zero-order valence-corrected chi connectivity index (χ0v) is 18.7. The van der Waals surface area contributed by atoms with Gasteiger partial charge in [0.1, 0.15) is 0 Å². The van der Waals surface area contributed by atoms with E-state index in [0.29, 0.717) is 24.5 Å². The zero-order chi connectivity index (χ0) is 21.7. The predicted octanol–water partition coefficient (Wildman–Crippen LogP) is 5.42. The first kappa shape index (κ1) is 19.9. The summed E-state index contributed by atoms with van der Waals surface area (Å²) in [7, 11) is 1.52. The summed E-state index contributed by atoms with van der Waals surface area (Å²) in [6, 6.07) is 13.3. The lowest BCUT2D eigenvalue weighted by Gasteiger charge is -2.34. The largest absolute Gasteiger partial charge is 0.504 e. The molecule has 2 heterocycles. The van der Waals surface area contributed by atoms with Crippen molar-refractivity contribution < 1.29 is 19.2 Å². The Morgan fingerprint density at radius 3 is 2.65 bits per heavy atom. The maximum Gasteiger partial charge on any atom is 0.233 e. The minimum Gasteiger partial charge on any atom is -0.504 e. The number of allylic oxidation sites excluding steroid dienone is 2. The zero-order valence-electron chi connectivity index (χ0n) is 17.1. The Morgan fingerprint density at radius 2 is 1.90 bits per heavy atom. The van der Waals surface area contributed by atoms with Crippen molar-refractivity contribution in [2.24, 2.45) is 0 Å². The van der Waals surface area contributed by atoms with Gasteiger partial charge in [-0.2, -0.15) is 0 Å². The predicted molar refractivity (Wildman–Crippen MR) is 120 cm³/mol. The number of hydrogen-bond acceptors (Lipinski definition) is 6. The van der Waals surface area contributed by atoms with Crippen molar-refractivity contribution in [3.05, 3.63) is 80.6 Å². The van der Waals surface area contributed by atoms with Gasteiger partial charge in [0.25, 0.3) is 0 Å². The fraction of sp³-hybridized carbons (Fsp3) is 0.250. The van der Waals surface area contributed by atoms with Gasteiger partial charge in [0, 0.05) is 28.1 Å². The topological polar surface area (TPSA) is 84.6 Å². The maximum atomic E-state index is 13.5. The Labute approximate surface area is 188 Å². The summed E-state index contributed by atoms with van der Waals surface area (Å²) < 4.78 is 11.8. The number of nitrogens with one attached hydrogen (secondary N) is 1. The number of anilines is 1. The third-order valence-electron chi connectivity index (χ3n) is 6.14. The first-order valence-corrected chi connectivity index (χ1v) is 10.9. The van der Waals surface area contributed by atoms with Gasteiger partial charge in [0.05, 0.1) is 18.4 Å². The van der Waals surface area contributed by atoms with Crippen LogP contribution in [0, 0.1) is 6.92 Å². The Morgan fingerprint density at radius 1 is 1.16 bits per heavy atom. The number of halogens is 1. The van der Waals surface area contributed by atoms with Crippen LogP contribution in [-0.4, -0.2) is 23.2 Å². The van der Waals surface area contributed by atoms with Gasteiger partial charge in [-0.25, -0.2) is 0 Å². The Balaban J connectivity index is 1.59. The molecule has 1 aliphatic heterocycles. The summed E-state index contributed by atoms with van der Waals surface area (Å²) in [5.41, 5.74) is 5.33. The number of benzene rings is 2. The van der Waals surface area contributed by atoms with E-state index in [1.807, 2.05) is 37.3 Å². The van der Waals surface area contributed by atoms with E-state index in [2.05, 4.69) is 26.4 Å². The Hall–Kier alpha value is -3.06. The summed E-state index contributed by atoms with van der Waals surface area (Å²) >= 11 is 3.49. The molecule has 5 rings (SSSR count). The molecule has 0 radical (unpaired) electrons. The van der Waals surface area contributed by atoms with Crippen molar-refractivity contribution in [1.29, 1.82) is 0 Å². The minimum atomic E-state index is -0.214. The average Bonchev–Trinajstić information content (AvgIpc) is 3.13. The number of hydrogen-bond donors (Lipinski definition) is 2. The molecule has 7 heteroatoms. The normalized spacial score (nSPS) is 20.2. The standard InChI is InChI=1S/C24H21BrN2O4/c1-12-21-22(13-3-6-16(25)7-4-13)23-17(26-24(21)31-27-12)9-15(10-19(23)29)14-5-8-18(28)20(11-14)30-2/h3-8,11,15,22,26,28H,9-10H2,1-2H3/t15-,22-/m1/s1. The molecule has 1 aromatic heterocycles. The maximum absolute atomic E-state index is 13.5. The first-order valence-electron chi connectivity index (χ1n) is 10.1. The van der Waals surface area contributed by atoms with Crippen LogP contribution in [0.15, 0.2) is 62.7 Å². The number of carbonyl (C=O) groups is 1. The van der Waals surface area contributed by atoms with Crippen LogP contribution in [0.25, 0.3) is 0 Å². The van der Waals surface area contributed by atoms with Crippen LogP contribution in [-0.2, 0) is 4.79 Å². The summed E-state index contributed by atoms with van der Waals surface area (Å²) in [6.45, 7) is 1.90. The van der Waals surface area contributed by atoms with Crippen LogP contribution in [0.5, 0.6) is 11.5 Å². The molecule has 2 N–H and O–H groups in total. The van der Waals surface area contributed by atoms with Crippen LogP contribution >= 0.6 is 15.9 Å². The molecule has 1 aliphatic carbocycles. The van der Waals surface area contributed by atoms with Crippen molar-refractivity contribution in [3.63, 3.8) is 0 Å². The summed E-state index contributed by atoms with van der Waals surface area (Å²) in [5, 5.41) is 17.4. The van der Waals surface area contributed by atoms with Gasteiger partial charge in [-0.05, 0) is 54.7 Å². The van der Waals surface area contributed by atoms with E-state index >= 15 is 0 Å². The Kier molecular flexibility index (Phi) is 4.85. The highest BCUT2D eigenvalue weighted by Crippen LogP contribution is 2.49. The number of phenolic OH excluding ortho intramolecular Hbond substituents is 1. The van der Waals surface area contributed by atoms with E-state index in [-0.39, 0.29) is 23.4 Å². The number of aryl methyl sites for hydroxylation is 1. The number of nitrogens with zero attached hydrogens (tertiary/aromatic N) is 1. The second-order valence-electron chi connectivity index (χ2n) is 7.97. The first-order chi connectivity index (χ1) is 15.0. The fourth-order valence-electron chi connectivity index (χ4n) is 4.64. The van der Waals surface area contributed by atoms with E-state index in [1.54, 1.807) is 12.1 Å². The van der Waals surface area contributed by atoms with Crippen molar-refractivity contribution >= 4 is 27.6 Å². The highest BCUT2D eigenvalue weighted by molar-refractivity contribution is 9.10. The van der Waals surface area contributed by atoms with Gasteiger partial charge in [0.2, 0.25) is 5.88 Å². The lowest BCUT2D eigenvalue weighted by Crippen LogP contribution is -2.29. The number of methoxy groups -OCH3 is 1. The molecule has 0 saturated heterocycles. The summed E-state index contributed by atoms with van der Waals surface area (Å²) in [5.74, 6) is 0.951. The van der Waals surface area contributed by atoms with Gasteiger partial charge in [-0.1, -0.05) is 39.3 Å². The van der Waals surface area contributed by atoms with Crippen LogP contribution in [0.4, 0.5) is 5.88 Å². The number of aromatic nitrogens is 1. The molecule has 0 fully saturated rings. The number of phenols is 1. The Bertz CT molecular complexity index is 1210. The third-order valence-corrected chi connectivity index (χ3v) is 6.67. The number of carbonyl (C=O) groups excluding carboxylic acids is 1. The SMILES string of the molecule is COc1cc([C@H]2CC(=O)C3=C(C2)Nc2onc(C)c2[C@H]3c2ccc(Br)cc2)ccc1O. The number of ketones is 1. The van der Waals surface area contributed by atoms with Crippen molar-refractivity contribution in [1.82, 2.24) is 5.16 Å². The highest BCUT2D eigenvalue weighted by atomic mass is 79.9.